The standard InChI is InChI=1S/C19H21N3OS/c1-13-12-24-19-20-15(10-18(23)22(13)19)11-21(2)17-9-5-7-14-6-3-4-8-16(14)17/h3-4,6,8,10,12,17H,5,7,9,11H2,1-2H3/t17-/m1/s1. The highest BCUT2D eigenvalue weighted by atomic mass is 32.1. The van der Waals surface area contributed by atoms with Crippen LogP contribution in [-0.2, 0) is 13.0 Å². The molecule has 1 aliphatic rings. The Kier molecular flexibility index (Phi) is 3.98. The second kappa shape index (κ2) is 6.15. The maximum atomic E-state index is 12.3. The molecule has 0 unspecified atom stereocenters. The predicted octanol–water partition coefficient (Wildman–Crippen LogP) is 3.57. The number of hydrogen-bond donors (Lipinski definition) is 0. The van der Waals surface area contributed by atoms with Crippen molar-refractivity contribution in [1.29, 1.82) is 0 Å². The summed E-state index contributed by atoms with van der Waals surface area (Å²) in [6.45, 7) is 2.64. The van der Waals surface area contributed by atoms with Crippen molar-refractivity contribution < 1.29 is 0 Å². The SMILES string of the molecule is Cc1csc2nc(CN(C)[C@@H]3CCCc4ccccc43)cc(=O)n12. The van der Waals surface area contributed by atoms with Crippen LogP contribution in [0.4, 0.5) is 0 Å². The summed E-state index contributed by atoms with van der Waals surface area (Å²) < 4.78 is 1.68. The molecule has 3 aromatic rings. The summed E-state index contributed by atoms with van der Waals surface area (Å²) in [6, 6.07) is 10.8. The quantitative estimate of drug-likeness (QED) is 0.732. The Balaban J connectivity index is 1.63. The smallest absolute Gasteiger partial charge is 0.259 e. The summed E-state index contributed by atoms with van der Waals surface area (Å²) >= 11 is 1.53. The van der Waals surface area contributed by atoms with Crippen molar-refractivity contribution in [3.05, 3.63) is 68.6 Å². The summed E-state index contributed by atoms with van der Waals surface area (Å²) in [4.78, 5) is 20.2. The molecular weight excluding hydrogens is 318 g/mol. The van der Waals surface area contributed by atoms with Gasteiger partial charge in [-0.1, -0.05) is 24.3 Å². The normalized spacial score (nSPS) is 17.4. The van der Waals surface area contributed by atoms with E-state index in [-0.39, 0.29) is 5.56 Å². The van der Waals surface area contributed by atoms with Gasteiger partial charge in [0.25, 0.3) is 5.56 Å². The van der Waals surface area contributed by atoms with Crippen LogP contribution in [0.2, 0.25) is 0 Å². The van der Waals surface area contributed by atoms with Gasteiger partial charge in [-0.2, -0.15) is 0 Å². The van der Waals surface area contributed by atoms with Crippen LogP contribution < -0.4 is 5.56 Å². The van der Waals surface area contributed by atoms with E-state index < -0.39 is 0 Å². The maximum Gasteiger partial charge on any atom is 0.259 e. The lowest BCUT2D eigenvalue weighted by Gasteiger charge is -2.33. The molecule has 0 radical (unpaired) electrons. The first-order valence-corrected chi connectivity index (χ1v) is 9.26. The molecule has 0 saturated heterocycles. The minimum atomic E-state index is 0.0196. The molecule has 1 atom stereocenters. The largest absolute Gasteiger partial charge is 0.294 e. The van der Waals surface area contributed by atoms with E-state index >= 15 is 0 Å². The van der Waals surface area contributed by atoms with Gasteiger partial charge in [0, 0.05) is 29.7 Å². The Hall–Kier alpha value is -1.98. The lowest BCUT2D eigenvalue weighted by Crippen LogP contribution is -2.28. The van der Waals surface area contributed by atoms with E-state index in [0.717, 1.165) is 22.8 Å². The second-order valence-electron chi connectivity index (χ2n) is 6.60. The molecule has 5 heteroatoms. The van der Waals surface area contributed by atoms with E-state index in [4.69, 9.17) is 0 Å². The van der Waals surface area contributed by atoms with Crippen molar-refractivity contribution >= 4 is 16.3 Å². The molecule has 0 spiro atoms. The lowest BCUT2D eigenvalue weighted by atomic mass is 9.87. The highest BCUT2D eigenvalue weighted by Crippen LogP contribution is 2.33. The highest BCUT2D eigenvalue weighted by Gasteiger charge is 2.23. The molecule has 0 saturated carbocycles. The van der Waals surface area contributed by atoms with Gasteiger partial charge in [0.1, 0.15) is 0 Å². The van der Waals surface area contributed by atoms with E-state index in [9.17, 15) is 4.79 Å². The number of benzene rings is 1. The summed E-state index contributed by atoms with van der Waals surface area (Å²) in [5.74, 6) is 0. The number of nitrogens with zero attached hydrogens (tertiary/aromatic N) is 3. The lowest BCUT2D eigenvalue weighted by molar-refractivity contribution is 0.211. The van der Waals surface area contributed by atoms with E-state index in [0.29, 0.717) is 12.6 Å². The molecular formula is C19H21N3OS. The molecule has 124 valence electrons. The second-order valence-corrected chi connectivity index (χ2v) is 7.44. The Labute approximate surface area is 145 Å². The first-order valence-electron chi connectivity index (χ1n) is 8.38. The van der Waals surface area contributed by atoms with Crippen LogP contribution in [0.25, 0.3) is 4.96 Å². The number of aromatic nitrogens is 2. The van der Waals surface area contributed by atoms with E-state index in [1.807, 2.05) is 12.3 Å². The van der Waals surface area contributed by atoms with Crippen molar-refractivity contribution in [1.82, 2.24) is 14.3 Å². The van der Waals surface area contributed by atoms with Gasteiger partial charge in [0.2, 0.25) is 0 Å². The highest BCUT2D eigenvalue weighted by molar-refractivity contribution is 7.15. The van der Waals surface area contributed by atoms with Crippen LogP contribution in [0.5, 0.6) is 0 Å². The van der Waals surface area contributed by atoms with Gasteiger partial charge in [-0.25, -0.2) is 4.98 Å². The molecule has 1 aromatic carbocycles. The van der Waals surface area contributed by atoms with Crippen molar-refractivity contribution in [2.45, 2.75) is 38.8 Å². The van der Waals surface area contributed by atoms with Crippen LogP contribution >= 0.6 is 11.3 Å². The van der Waals surface area contributed by atoms with Gasteiger partial charge >= 0.3 is 0 Å². The number of hydrogen-bond acceptors (Lipinski definition) is 4. The van der Waals surface area contributed by atoms with Crippen LogP contribution in [0.1, 0.15) is 41.4 Å². The minimum Gasteiger partial charge on any atom is -0.294 e. The molecule has 0 N–H and O–H groups in total. The third-order valence-electron chi connectivity index (χ3n) is 4.91. The minimum absolute atomic E-state index is 0.0196. The van der Waals surface area contributed by atoms with Crippen molar-refractivity contribution in [2.75, 3.05) is 7.05 Å². The summed E-state index contributed by atoms with van der Waals surface area (Å²) in [6.07, 6.45) is 3.54. The van der Waals surface area contributed by atoms with Gasteiger partial charge in [0.05, 0.1) is 5.69 Å². The van der Waals surface area contributed by atoms with E-state index in [2.05, 4.69) is 41.2 Å². The van der Waals surface area contributed by atoms with Crippen molar-refractivity contribution in [2.24, 2.45) is 0 Å². The van der Waals surface area contributed by atoms with E-state index in [1.165, 1.54) is 35.3 Å². The van der Waals surface area contributed by atoms with E-state index in [1.54, 1.807) is 10.5 Å². The molecule has 1 aliphatic carbocycles. The summed E-state index contributed by atoms with van der Waals surface area (Å²) in [7, 11) is 2.13. The van der Waals surface area contributed by atoms with Gasteiger partial charge in [-0.3, -0.25) is 14.1 Å². The maximum absolute atomic E-state index is 12.3. The molecule has 0 amide bonds. The molecule has 0 bridgehead atoms. The number of rotatable bonds is 3. The molecule has 24 heavy (non-hydrogen) atoms. The molecule has 2 heterocycles. The van der Waals surface area contributed by atoms with Gasteiger partial charge < -0.3 is 0 Å². The van der Waals surface area contributed by atoms with Crippen LogP contribution in [0, 0.1) is 6.92 Å². The van der Waals surface area contributed by atoms with Crippen molar-refractivity contribution in [3.8, 4) is 0 Å². The van der Waals surface area contributed by atoms with Gasteiger partial charge in [0.15, 0.2) is 4.96 Å². The fraction of sp³-hybridized carbons (Fsp3) is 0.368. The molecule has 4 rings (SSSR count). The average molecular weight is 339 g/mol. The van der Waals surface area contributed by atoms with Crippen LogP contribution in [-0.4, -0.2) is 21.3 Å². The average Bonchev–Trinajstić information content (AvgIpc) is 2.95. The van der Waals surface area contributed by atoms with Crippen LogP contribution in [0.3, 0.4) is 0 Å². The Morgan fingerprint density at radius 1 is 1.38 bits per heavy atom. The Bertz CT molecular complexity index is 943. The number of aryl methyl sites for hydroxylation is 2. The van der Waals surface area contributed by atoms with Gasteiger partial charge in [-0.15, -0.1) is 11.3 Å². The van der Waals surface area contributed by atoms with Crippen LogP contribution in [0.15, 0.2) is 40.5 Å². The molecule has 4 nitrogen and oxygen atoms in total. The number of fused-ring (bicyclic) bond motifs is 2. The molecule has 2 aromatic heterocycles. The Morgan fingerprint density at radius 3 is 3.08 bits per heavy atom. The fourth-order valence-electron chi connectivity index (χ4n) is 3.73. The monoisotopic (exact) mass is 339 g/mol. The third-order valence-corrected chi connectivity index (χ3v) is 5.85. The predicted molar refractivity (Wildman–Crippen MR) is 97.7 cm³/mol. The zero-order valence-corrected chi connectivity index (χ0v) is 14.8. The topological polar surface area (TPSA) is 37.6 Å². The van der Waals surface area contributed by atoms with Gasteiger partial charge in [-0.05, 0) is 44.4 Å². The zero-order valence-electron chi connectivity index (χ0n) is 14.0. The van der Waals surface area contributed by atoms with Crippen molar-refractivity contribution in [3.63, 3.8) is 0 Å². The number of thiazole rings is 1. The zero-order chi connectivity index (χ0) is 16.7. The summed E-state index contributed by atoms with van der Waals surface area (Å²) in [5.41, 5.74) is 4.71. The first-order chi connectivity index (χ1) is 11.6. The summed E-state index contributed by atoms with van der Waals surface area (Å²) in [5, 5.41) is 1.98. The molecule has 0 fully saturated rings. The first kappa shape index (κ1) is 15.5. The Morgan fingerprint density at radius 2 is 2.21 bits per heavy atom. The molecule has 0 aliphatic heterocycles. The third kappa shape index (κ3) is 2.68. The fourth-order valence-corrected chi connectivity index (χ4v) is 4.62.